The highest BCUT2D eigenvalue weighted by molar-refractivity contribution is 7.89. The van der Waals surface area contributed by atoms with Crippen LogP contribution >= 0.6 is 0 Å². The van der Waals surface area contributed by atoms with Crippen molar-refractivity contribution < 1.29 is 13.2 Å². The van der Waals surface area contributed by atoms with Crippen LogP contribution in [0.15, 0.2) is 72.0 Å². The maximum absolute atomic E-state index is 13.2. The minimum atomic E-state index is -3.74. The Labute approximate surface area is 244 Å². The molecule has 4 heterocycles. The van der Waals surface area contributed by atoms with E-state index in [1.54, 1.807) is 43.8 Å². The molecule has 0 fully saturated rings. The van der Waals surface area contributed by atoms with E-state index < -0.39 is 10.0 Å². The van der Waals surface area contributed by atoms with E-state index in [-0.39, 0.29) is 4.90 Å². The number of hydrogen-bond donors (Lipinski definition) is 3. The molecule has 11 nitrogen and oxygen atoms in total. The van der Waals surface area contributed by atoms with Gasteiger partial charge in [-0.3, -0.25) is 4.98 Å². The van der Waals surface area contributed by atoms with Gasteiger partial charge in [0.05, 0.1) is 23.9 Å². The van der Waals surface area contributed by atoms with Gasteiger partial charge in [-0.15, -0.1) is 0 Å². The maximum atomic E-state index is 13.2. The van der Waals surface area contributed by atoms with Crippen LogP contribution in [-0.4, -0.2) is 72.4 Å². The van der Waals surface area contributed by atoms with Gasteiger partial charge in [-0.2, -0.15) is 9.97 Å². The molecule has 216 valence electrons. The van der Waals surface area contributed by atoms with E-state index in [0.29, 0.717) is 34.2 Å². The summed E-state index contributed by atoms with van der Waals surface area (Å²) in [6.07, 6.45) is 6.27. The molecule has 1 aliphatic rings. The number of rotatable bonds is 8. The van der Waals surface area contributed by atoms with Crippen LogP contribution in [0.1, 0.15) is 11.1 Å². The second-order valence-corrected chi connectivity index (χ2v) is 12.5. The van der Waals surface area contributed by atoms with Crippen molar-refractivity contribution in [1.82, 2.24) is 29.1 Å². The predicted molar refractivity (Wildman–Crippen MR) is 164 cm³/mol. The molecule has 0 saturated heterocycles. The molecule has 0 unspecified atom stereocenters. The predicted octanol–water partition coefficient (Wildman–Crippen LogP) is 4.75. The van der Waals surface area contributed by atoms with Gasteiger partial charge in [-0.1, -0.05) is 18.2 Å². The average molecular weight is 585 g/mol. The summed E-state index contributed by atoms with van der Waals surface area (Å²) in [6, 6.07) is 14.7. The monoisotopic (exact) mass is 584 g/mol. The van der Waals surface area contributed by atoms with Crippen molar-refractivity contribution in [2.75, 3.05) is 45.4 Å². The number of sulfonamides is 1. The lowest BCUT2D eigenvalue weighted by atomic mass is 9.99. The Morgan fingerprint density at radius 1 is 1.02 bits per heavy atom. The molecule has 6 rings (SSSR count). The van der Waals surface area contributed by atoms with Crippen LogP contribution in [0.3, 0.4) is 0 Å². The molecule has 3 aromatic heterocycles. The Kier molecular flexibility index (Phi) is 7.27. The van der Waals surface area contributed by atoms with Crippen molar-refractivity contribution in [2.45, 2.75) is 17.9 Å². The smallest absolute Gasteiger partial charge is 0.244 e. The van der Waals surface area contributed by atoms with E-state index in [1.807, 2.05) is 18.3 Å². The Bertz CT molecular complexity index is 1870. The van der Waals surface area contributed by atoms with Crippen molar-refractivity contribution >= 4 is 44.2 Å². The van der Waals surface area contributed by atoms with Gasteiger partial charge in [0.1, 0.15) is 22.1 Å². The Morgan fingerprint density at radius 3 is 2.62 bits per heavy atom. The first kappa shape index (κ1) is 27.6. The number of para-hydroxylation sites is 1. The van der Waals surface area contributed by atoms with E-state index in [1.165, 1.54) is 29.5 Å². The summed E-state index contributed by atoms with van der Waals surface area (Å²) in [5.41, 5.74) is 5.88. The molecule has 12 heteroatoms. The van der Waals surface area contributed by atoms with Crippen molar-refractivity contribution in [2.24, 2.45) is 0 Å². The van der Waals surface area contributed by atoms with Gasteiger partial charge >= 0.3 is 0 Å². The molecule has 1 aliphatic heterocycles. The minimum absolute atomic E-state index is 0.134. The first-order chi connectivity index (χ1) is 20.2. The number of ether oxygens (including phenoxy) is 1. The van der Waals surface area contributed by atoms with Crippen LogP contribution in [0.2, 0.25) is 0 Å². The second-order valence-electron chi connectivity index (χ2n) is 10.4. The lowest BCUT2D eigenvalue weighted by Gasteiger charge is -2.26. The number of pyridine rings is 1. The number of anilines is 4. The number of methoxy groups -OCH3 is 1. The van der Waals surface area contributed by atoms with Gasteiger partial charge in [0.15, 0.2) is 0 Å². The number of nitrogens with one attached hydrogen (secondary N) is 3. The average Bonchev–Trinajstić information content (AvgIpc) is 3.42. The number of hydrogen-bond acceptors (Lipinski definition) is 9. The van der Waals surface area contributed by atoms with Crippen LogP contribution in [0.5, 0.6) is 5.75 Å². The standard InChI is InChI=1S/C30H32N8O3S/c1-37(2)42(39,40)26-10-6-5-9-23(26)33-29-27-22(20-8-7-12-31-16-20)17-32-28(27)35-30(36-29)34-24-14-21-18-38(3)13-11-19(21)15-25(24)41-4/h5-10,12,14-17H,11,13,18H2,1-4H3,(H3,32,33,34,35,36). The van der Waals surface area contributed by atoms with Crippen LogP contribution in [-0.2, 0) is 23.0 Å². The number of fused-ring (bicyclic) bond motifs is 2. The van der Waals surface area contributed by atoms with E-state index >= 15 is 0 Å². The molecular weight excluding hydrogens is 552 g/mol. The molecular formula is C30H32N8O3S. The zero-order valence-electron chi connectivity index (χ0n) is 23.8. The van der Waals surface area contributed by atoms with Crippen molar-refractivity contribution in [3.05, 3.63) is 78.2 Å². The zero-order chi connectivity index (χ0) is 29.4. The number of H-pyrrole nitrogens is 1. The summed E-state index contributed by atoms with van der Waals surface area (Å²) < 4.78 is 33.3. The minimum Gasteiger partial charge on any atom is -0.495 e. The normalized spacial score (nSPS) is 13.7. The van der Waals surface area contributed by atoms with Gasteiger partial charge in [0.25, 0.3) is 0 Å². The van der Waals surface area contributed by atoms with Crippen LogP contribution in [0.25, 0.3) is 22.2 Å². The topological polar surface area (TPSA) is 128 Å². The van der Waals surface area contributed by atoms with Crippen molar-refractivity contribution in [3.63, 3.8) is 0 Å². The highest BCUT2D eigenvalue weighted by Gasteiger charge is 2.24. The quantitative estimate of drug-likeness (QED) is 0.237. The fourth-order valence-corrected chi connectivity index (χ4v) is 6.20. The Morgan fingerprint density at radius 2 is 1.86 bits per heavy atom. The Balaban J connectivity index is 1.49. The summed E-state index contributed by atoms with van der Waals surface area (Å²) >= 11 is 0. The number of aromatic nitrogens is 4. The molecule has 0 saturated carbocycles. The fourth-order valence-electron chi connectivity index (χ4n) is 5.16. The number of aromatic amines is 1. The molecule has 0 atom stereocenters. The van der Waals surface area contributed by atoms with Crippen LogP contribution in [0, 0.1) is 0 Å². The van der Waals surface area contributed by atoms with E-state index in [4.69, 9.17) is 14.7 Å². The number of likely N-dealkylation sites (N-methyl/N-ethyl adjacent to an activating group) is 1. The van der Waals surface area contributed by atoms with Crippen LogP contribution in [0.4, 0.5) is 23.1 Å². The van der Waals surface area contributed by atoms with Gasteiger partial charge in [0, 0.05) is 56.9 Å². The molecule has 3 N–H and O–H groups in total. The third-order valence-corrected chi connectivity index (χ3v) is 9.25. The van der Waals surface area contributed by atoms with Gasteiger partial charge in [0.2, 0.25) is 16.0 Å². The van der Waals surface area contributed by atoms with Crippen LogP contribution < -0.4 is 15.4 Å². The first-order valence-corrected chi connectivity index (χ1v) is 14.9. The fraction of sp³-hybridized carbons (Fsp3) is 0.233. The third kappa shape index (κ3) is 5.15. The lowest BCUT2D eigenvalue weighted by molar-refractivity contribution is 0.312. The second kappa shape index (κ2) is 11.0. The highest BCUT2D eigenvalue weighted by Crippen LogP contribution is 2.38. The molecule has 0 radical (unpaired) electrons. The van der Waals surface area contributed by atoms with E-state index in [9.17, 15) is 8.42 Å². The summed E-state index contributed by atoms with van der Waals surface area (Å²) in [7, 11) is 3.03. The molecule has 5 aromatic rings. The van der Waals surface area contributed by atoms with Crippen molar-refractivity contribution in [1.29, 1.82) is 0 Å². The molecule has 0 bridgehead atoms. The number of benzene rings is 2. The molecule has 42 heavy (non-hydrogen) atoms. The van der Waals surface area contributed by atoms with Gasteiger partial charge in [-0.05, 0) is 54.9 Å². The summed E-state index contributed by atoms with van der Waals surface area (Å²) in [6.45, 7) is 1.83. The zero-order valence-corrected chi connectivity index (χ0v) is 24.7. The van der Waals surface area contributed by atoms with Gasteiger partial charge in [-0.25, -0.2) is 12.7 Å². The maximum Gasteiger partial charge on any atom is 0.244 e. The molecule has 2 aromatic carbocycles. The molecule has 0 spiro atoms. The highest BCUT2D eigenvalue weighted by atomic mass is 32.2. The number of nitrogens with zero attached hydrogens (tertiary/aromatic N) is 5. The molecule has 0 aliphatic carbocycles. The largest absolute Gasteiger partial charge is 0.495 e. The first-order valence-electron chi connectivity index (χ1n) is 13.5. The van der Waals surface area contributed by atoms with Gasteiger partial charge < -0.3 is 25.3 Å². The third-order valence-electron chi connectivity index (χ3n) is 7.37. The SMILES string of the molecule is COc1cc2c(cc1Nc1nc(Nc3ccccc3S(=O)(=O)N(C)C)c3c(-c4cccnc4)c[nH]c3n1)CN(C)CC2. The summed E-state index contributed by atoms with van der Waals surface area (Å²) in [4.78, 5) is 19.6. The van der Waals surface area contributed by atoms with E-state index in [0.717, 1.165) is 36.3 Å². The lowest BCUT2D eigenvalue weighted by Crippen LogP contribution is -2.26. The van der Waals surface area contributed by atoms with Crippen molar-refractivity contribution in [3.8, 4) is 16.9 Å². The summed E-state index contributed by atoms with van der Waals surface area (Å²) in [5.74, 6) is 1.45. The molecule has 0 amide bonds. The summed E-state index contributed by atoms with van der Waals surface area (Å²) in [5, 5.41) is 7.36. The Hall–Kier alpha value is -4.52. The van der Waals surface area contributed by atoms with E-state index in [2.05, 4.69) is 44.7 Å².